The van der Waals surface area contributed by atoms with E-state index in [1.807, 2.05) is 0 Å². The summed E-state index contributed by atoms with van der Waals surface area (Å²) in [6.45, 7) is 6.52. The smallest absolute Gasteiger partial charge is 0.306 e. The molecule has 0 rings (SSSR count). The molecule has 0 aromatic rings. The second-order valence-electron chi connectivity index (χ2n) is 23.1. The molecule has 0 spiro atoms. The molecule has 0 aliphatic heterocycles. The van der Waals surface area contributed by atoms with E-state index in [9.17, 15) is 14.4 Å². The molecule has 80 heavy (non-hydrogen) atoms. The van der Waals surface area contributed by atoms with Crippen LogP contribution in [0.25, 0.3) is 0 Å². The molecule has 6 nitrogen and oxygen atoms in total. The summed E-state index contributed by atoms with van der Waals surface area (Å²) >= 11 is 0. The van der Waals surface area contributed by atoms with Crippen LogP contribution in [0.2, 0.25) is 0 Å². The van der Waals surface area contributed by atoms with Gasteiger partial charge in [-0.3, -0.25) is 14.4 Å². The molecule has 0 aromatic carbocycles. The normalized spacial score (nSPS) is 12.6. The van der Waals surface area contributed by atoms with Crippen molar-refractivity contribution in [2.75, 3.05) is 13.2 Å². The number of rotatable bonds is 63. The quantitative estimate of drug-likeness (QED) is 0.0261. The minimum absolute atomic E-state index is 0.0761. The number of hydrogen-bond donors (Lipinski definition) is 0. The van der Waals surface area contributed by atoms with Gasteiger partial charge >= 0.3 is 17.9 Å². The van der Waals surface area contributed by atoms with E-state index in [1.54, 1.807) is 0 Å². The van der Waals surface area contributed by atoms with Crippen LogP contribution in [0.4, 0.5) is 0 Å². The fourth-order valence-corrected chi connectivity index (χ4v) is 9.97. The van der Waals surface area contributed by atoms with Crippen LogP contribution in [0.3, 0.4) is 0 Å². The molecule has 1 atom stereocenters. The van der Waals surface area contributed by atoms with E-state index in [-0.39, 0.29) is 31.1 Å². The summed E-state index contributed by atoms with van der Waals surface area (Å²) in [4.78, 5) is 38.3. The first-order valence-corrected chi connectivity index (χ1v) is 34.6. The summed E-state index contributed by atoms with van der Waals surface area (Å²) in [5.41, 5.74) is 0. The fraction of sp³-hybridized carbons (Fsp3) is 0.770. The van der Waals surface area contributed by atoms with Crippen molar-refractivity contribution < 1.29 is 28.6 Å². The number of unbranched alkanes of at least 4 members (excludes halogenated alkanes) is 38. The SMILES string of the molecule is CC/C=C\C/C=C\C/C=C\C/C=C\C/C=C\CCCCCCCCCCCCCCCCCCCCCC(=O)OCC(COC(=O)CCCCCCCCCCCCCC)OC(=O)CCCCCCC/C=C\C/C=C\CCCCC. The van der Waals surface area contributed by atoms with Gasteiger partial charge in [-0.15, -0.1) is 0 Å². The van der Waals surface area contributed by atoms with Crippen LogP contribution < -0.4 is 0 Å². The van der Waals surface area contributed by atoms with Gasteiger partial charge in [0, 0.05) is 19.3 Å². The lowest BCUT2D eigenvalue weighted by atomic mass is 10.0. The average molecular weight is 1120 g/mol. The topological polar surface area (TPSA) is 78.9 Å². The molecule has 0 bridgehead atoms. The Morgan fingerprint density at radius 2 is 0.487 bits per heavy atom. The van der Waals surface area contributed by atoms with Gasteiger partial charge in [-0.1, -0.05) is 318 Å². The minimum atomic E-state index is -0.780. The molecule has 6 heteroatoms. The van der Waals surface area contributed by atoms with Crippen molar-refractivity contribution in [3.8, 4) is 0 Å². The molecule has 0 saturated heterocycles. The second kappa shape index (κ2) is 68.1. The number of esters is 3. The van der Waals surface area contributed by atoms with Crippen LogP contribution in [0.5, 0.6) is 0 Å². The molecule has 0 amide bonds. The third kappa shape index (κ3) is 65.4. The summed E-state index contributed by atoms with van der Waals surface area (Å²) in [5.74, 6) is -0.872. The zero-order valence-electron chi connectivity index (χ0n) is 53.1. The Hall–Kier alpha value is -3.41. The fourth-order valence-electron chi connectivity index (χ4n) is 9.97. The van der Waals surface area contributed by atoms with Crippen molar-refractivity contribution in [2.24, 2.45) is 0 Å². The molecular formula is C74H130O6. The molecule has 0 aliphatic rings. The number of carbonyl (C=O) groups is 3. The molecule has 0 heterocycles. The van der Waals surface area contributed by atoms with Crippen molar-refractivity contribution in [1.29, 1.82) is 0 Å². The maximum Gasteiger partial charge on any atom is 0.306 e. The van der Waals surface area contributed by atoms with Gasteiger partial charge in [0.15, 0.2) is 6.10 Å². The maximum atomic E-state index is 12.9. The van der Waals surface area contributed by atoms with Crippen LogP contribution in [0, 0.1) is 0 Å². The van der Waals surface area contributed by atoms with E-state index in [0.717, 1.165) is 116 Å². The molecule has 1 unspecified atom stereocenters. The van der Waals surface area contributed by atoms with Crippen molar-refractivity contribution in [3.05, 3.63) is 85.1 Å². The Balaban J connectivity index is 4.09. The Morgan fingerprint density at radius 1 is 0.263 bits per heavy atom. The van der Waals surface area contributed by atoms with Crippen LogP contribution in [-0.4, -0.2) is 37.2 Å². The lowest BCUT2D eigenvalue weighted by molar-refractivity contribution is -0.167. The van der Waals surface area contributed by atoms with Crippen molar-refractivity contribution in [1.82, 2.24) is 0 Å². The second-order valence-corrected chi connectivity index (χ2v) is 23.1. The molecule has 0 N–H and O–H groups in total. The lowest BCUT2D eigenvalue weighted by Crippen LogP contribution is -2.30. The van der Waals surface area contributed by atoms with E-state index < -0.39 is 6.10 Å². The Labute approximate surface area is 496 Å². The van der Waals surface area contributed by atoms with Gasteiger partial charge in [-0.05, 0) is 96.3 Å². The predicted octanol–water partition coefficient (Wildman–Crippen LogP) is 23.8. The first-order chi connectivity index (χ1) is 39.5. The lowest BCUT2D eigenvalue weighted by Gasteiger charge is -2.18. The van der Waals surface area contributed by atoms with Gasteiger partial charge in [-0.25, -0.2) is 0 Å². The average Bonchev–Trinajstić information content (AvgIpc) is 3.46. The Kier molecular flexibility index (Phi) is 65.2. The zero-order valence-corrected chi connectivity index (χ0v) is 53.1. The standard InChI is InChI=1S/C74H130O6/c1-4-7-10-13-16-19-22-25-27-28-29-30-31-32-33-34-35-36-37-38-39-40-41-42-43-44-45-46-48-49-52-55-58-61-64-67-73(76)79-70-71(69-78-72(75)66-63-60-57-54-51-24-21-18-15-12-9-6-3)80-74(77)68-65-62-59-56-53-50-47-26-23-20-17-14-11-8-5-2/h7,10,16-17,19-20,25-27,29-30,32-33,47,71H,4-6,8-9,11-15,18,21-24,28,31,34-46,48-70H2,1-3H3/b10-7-,19-16-,20-17-,27-25-,30-29-,33-32-,47-26-. The molecular weight excluding hydrogens is 985 g/mol. The molecule has 0 aliphatic carbocycles. The van der Waals surface area contributed by atoms with Gasteiger partial charge in [0.25, 0.3) is 0 Å². The largest absolute Gasteiger partial charge is 0.462 e. The summed E-state index contributed by atoms with van der Waals surface area (Å²) in [6.07, 6.45) is 90.5. The van der Waals surface area contributed by atoms with Crippen molar-refractivity contribution >= 4 is 17.9 Å². The maximum absolute atomic E-state index is 12.9. The number of carbonyl (C=O) groups excluding carboxylic acids is 3. The molecule has 0 aromatic heterocycles. The van der Waals surface area contributed by atoms with E-state index in [0.29, 0.717) is 19.3 Å². The van der Waals surface area contributed by atoms with E-state index in [4.69, 9.17) is 14.2 Å². The van der Waals surface area contributed by atoms with Gasteiger partial charge in [-0.2, -0.15) is 0 Å². The highest BCUT2D eigenvalue weighted by Gasteiger charge is 2.19. The highest BCUT2D eigenvalue weighted by molar-refractivity contribution is 5.71. The number of allylic oxidation sites excluding steroid dienone is 14. The molecule has 0 saturated carbocycles. The van der Waals surface area contributed by atoms with Gasteiger partial charge in [0.05, 0.1) is 0 Å². The van der Waals surface area contributed by atoms with Gasteiger partial charge in [0.1, 0.15) is 13.2 Å². The molecule has 462 valence electrons. The summed E-state index contributed by atoms with van der Waals surface area (Å²) in [7, 11) is 0. The zero-order chi connectivity index (χ0) is 57.8. The predicted molar refractivity (Wildman–Crippen MR) is 348 cm³/mol. The number of hydrogen-bond acceptors (Lipinski definition) is 6. The summed E-state index contributed by atoms with van der Waals surface area (Å²) in [5, 5.41) is 0. The van der Waals surface area contributed by atoms with Crippen LogP contribution in [0.1, 0.15) is 348 Å². The van der Waals surface area contributed by atoms with Crippen LogP contribution in [0.15, 0.2) is 85.1 Å². The van der Waals surface area contributed by atoms with E-state index >= 15 is 0 Å². The third-order valence-corrected chi connectivity index (χ3v) is 15.1. The first kappa shape index (κ1) is 76.6. The van der Waals surface area contributed by atoms with Gasteiger partial charge < -0.3 is 14.2 Å². The molecule has 0 radical (unpaired) electrons. The van der Waals surface area contributed by atoms with Crippen molar-refractivity contribution in [2.45, 2.75) is 354 Å². The van der Waals surface area contributed by atoms with E-state index in [1.165, 1.54) is 193 Å². The third-order valence-electron chi connectivity index (χ3n) is 15.1. The highest BCUT2D eigenvalue weighted by atomic mass is 16.6. The Bertz CT molecular complexity index is 1520. The monoisotopic (exact) mass is 1110 g/mol. The van der Waals surface area contributed by atoms with Gasteiger partial charge in [0.2, 0.25) is 0 Å². The molecule has 0 fully saturated rings. The van der Waals surface area contributed by atoms with E-state index in [2.05, 4.69) is 106 Å². The van der Waals surface area contributed by atoms with Crippen LogP contribution >= 0.6 is 0 Å². The first-order valence-electron chi connectivity index (χ1n) is 34.6. The van der Waals surface area contributed by atoms with Crippen LogP contribution in [-0.2, 0) is 28.6 Å². The summed E-state index contributed by atoms with van der Waals surface area (Å²) in [6, 6.07) is 0. The minimum Gasteiger partial charge on any atom is -0.462 e. The summed E-state index contributed by atoms with van der Waals surface area (Å²) < 4.78 is 16.9. The highest BCUT2D eigenvalue weighted by Crippen LogP contribution is 2.18. The Morgan fingerprint density at radius 3 is 0.787 bits per heavy atom. The number of ether oxygens (including phenoxy) is 3. The van der Waals surface area contributed by atoms with Crippen molar-refractivity contribution in [3.63, 3.8) is 0 Å².